The number of hydrogen-bond acceptors (Lipinski definition) is 5. The largest absolute Gasteiger partial charge is 0.458 e. The predicted molar refractivity (Wildman–Crippen MR) is 119 cm³/mol. The molecule has 0 bridgehead atoms. The molecule has 4 aliphatic carbocycles. The van der Waals surface area contributed by atoms with Crippen molar-refractivity contribution in [3.63, 3.8) is 0 Å². The van der Waals surface area contributed by atoms with Crippen LogP contribution in [-0.2, 0) is 23.9 Å². The Kier molecular flexibility index (Phi) is 5.76. The summed E-state index contributed by atoms with van der Waals surface area (Å²) in [6.45, 7) is 6.33. The van der Waals surface area contributed by atoms with Gasteiger partial charge in [0.1, 0.15) is 6.61 Å². The summed E-state index contributed by atoms with van der Waals surface area (Å²) in [7, 11) is 0. The van der Waals surface area contributed by atoms with E-state index in [2.05, 4.69) is 32.9 Å². The molecule has 0 saturated heterocycles. The van der Waals surface area contributed by atoms with Crippen molar-refractivity contribution in [2.45, 2.75) is 59.3 Å². The van der Waals surface area contributed by atoms with Gasteiger partial charge < -0.3 is 10.5 Å². The number of amides is 1. The summed E-state index contributed by atoms with van der Waals surface area (Å²) in [5, 5.41) is 0. The zero-order chi connectivity index (χ0) is 23.3. The first kappa shape index (κ1) is 22.7. The number of rotatable bonds is 6. The fourth-order valence-corrected chi connectivity index (χ4v) is 7.11. The maximum atomic E-state index is 13.2. The monoisotopic (exact) mass is 439 g/mol. The van der Waals surface area contributed by atoms with Gasteiger partial charge in [0.05, 0.1) is 6.42 Å². The van der Waals surface area contributed by atoms with Crippen LogP contribution in [0.15, 0.2) is 35.5 Å². The fraction of sp³-hybridized carbons (Fsp3) is 0.615. The van der Waals surface area contributed by atoms with Gasteiger partial charge in [-0.1, -0.05) is 37.1 Å². The number of primary amides is 1. The molecule has 0 heterocycles. The highest BCUT2D eigenvalue weighted by Gasteiger charge is 2.59. The van der Waals surface area contributed by atoms with Gasteiger partial charge >= 0.3 is 5.97 Å². The summed E-state index contributed by atoms with van der Waals surface area (Å²) >= 11 is 0. The van der Waals surface area contributed by atoms with Gasteiger partial charge in [-0.05, 0) is 67.9 Å². The summed E-state index contributed by atoms with van der Waals surface area (Å²) in [5.74, 6) is -0.248. The number of esters is 1. The van der Waals surface area contributed by atoms with Gasteiger partial charge in [-0.15, -0.1) is 0 Å². The number of hydrogen-bond donors (Lipinski definition) is 1. The molecule has 32 heavy (non-hydrogen) atoms. The molecule has 0 radical (unpaired) electrons. The van der Waals surface area contributed by atoms with Crippen molar-refractivity contribution in [1.82, 2.24) is 0 Å². The number of ketones is 2. The Morgan fingerprint density at radius 2 is 1.97 bits per heavy atom. The van der Waals surface area contributed by atoms with Crippen molar-refractivity contribution in [2.24, 2.45) is 40.2 Å². The first-order valence-electron chi connectivity index (χ1n) is 11.7. The molecule has 0 aromatic rings. The Hall–Kier alpha value is -2.50. The van der Waals surface area contributed by atoms with E-state index >= 15 is 0 Å². The van der Waals surface area contributed by atoms with E-state index in [1.165, 1.54) is 11.1 Å². The van der Waals surface area contributed by atoms with Gasteiger partial charge in [0.25, 0.3) is 0 Å². The Morgan fingerprint density at radius 1 is 1.22 bits per heavy atom. The molecule has 0 aromatic heterocycles. The Morgan fingerprint density at radius 3 is 2.69 bits per heavy atom. The van der Waals surface area contributed by atoms with Crippen LogP contribution < -0.4 is 5.73 Å². The van der Waals surface area contributed by atoms with Crippen LogP contribution in [0, 0.1) is 34.5 Å². The molecule has 6 heteroatoms. The van der Waals surface area contributed by atoms with E-state index in [9.17, 15) is 19.2 Å². The molecule has 0 aliphatic heterocycles. The molecule has 4 rings (SSSR count). The van der Waals surface area contributed by atoms with Gasteiger partial charge in [0.2, 0.25) is 5.91 Å². The second-order valence-electron chi connectivity index (χ2n) is 10.5. The van der Waals surface area contributed by atoms with Crippen molar-refractivity contribution in [3.05, 3.63) is 35.5 Å². The Bertz CT molecular complexity index is 959. The maximum Gasteiger partial charge on any atom is 0.306 e. The number of carbonyl (C=O) groups is 4. The van der Waals surface area contributed by atoms with Crippen molar-refractivity contribution in [1.29, 1.82) is 0 Å². The fourth-order valence-electron chi connectivity index (χ4n) is 7.11. The third kappa shape index (κ3) is 3.67. The summed E-state index contributed by atoms with van der Waals surface area (Å²) in [4.78, 5) is 47.8. The number of allylic oxidation sites excluding steroid dienone is 6. The lowest BCUT2D eigenvalue weighted by Crippen LogP contribution is -2.45. The van der Waals surface area contributed by atoms with Crippen molar-refractivity contribution < 1.29 is 23.9 Å². The molecular formula is C26H33NO5. The minimum atomic E-state index is -0.562. The zero-order valence-electron chi connectivity index (χ0n) is 19.2. The van der Waals surface area contributed by atoms with Crippen LogP contribution in [0.4, 0.5) is 0 Å². The number of Topliss-reactive ketones (excluding diaryl/α,β-unsaturated/α-hetero) is 1. The molecule has 1 amide bonds. The highest BCUT2D eigenvalue weighted by molar-refractivity contribution is 6.01. The molecule has 6 unspecified atom stereocenters. The molecular weight excluding hydrogens is 406 g/mol. The normalized spacial score (nSPS) is 37.5. The van der Waals surface area contributed by atoms with Crippen molar-refractivity contribution in [3.8, 4) is 0 Å². The SMILES string of the molecule is CC1CC2C3CCC4=CC(=O)C=CC4(C)C3=CCC2(C)C1C(=O)COC(=O)CCC(N)=O. The molecule has 6 nitrogen and oxygen atoms in total. The van der Waals surface area contributed by atoms with E-state index in [1.807, 2.05) is 0 Å². The van der Waals surface area contributed by atoms with Gasteiger partial charge in [0, 0.05) is 17.8 Å². The highest BCUT2D eigenvalue weighted by atomic mass is 16.5. The van der Waals surface area contributed by atoms with Crippen LogP contribution in [0.1, 0.15) is 59.3 Å². The van der Waals surface area contributed by atoms with Crippen LogP contribution in [-0.4, -0.2) is 30.0 Å². The van der Waals surface area contributed by atoms with Crippen molar-refractivity contribution >= 4 is 23.4 Å². The minimum Gasteiger partial charge on any atom is -0.458 e. The topological polar surface area (TPSA) is 104 Å². The Labute approximate surface area is 189 Å². The van der Waals surface area contributed by atoms with E-state index < -0.39 is 11.9 Å². The average molecular weight is 440 g/mol. The van der Waals surface area contributed by atoms with Gasteiger partial charge in [-0.25, -0.2) is 0 Å². The van der Waals surface area contributed by atoms with Crippen LogP contribution >= 0.6 is 0 Å². The number of ether oxygens (including phenoxy) is 1. The molecule has 2 fully saturated rings. The third-order valence-corrected chi connectivity index (χ3v) is 8.59. The van der Waals surface area contributed by atoms with Gasteiger partial charge in [-0.3, -0.25) is 19.2 Å². The number of nitrogens with two attached hydrogens (primary N) is 1. The lowest BCUT2D eigenvalue weighted by molar-refractivity contribution is -0.151. The molecule has 172 valence electrons. The Balaban J connectivity index is 1.52. The van der Waals surface area contributed by atoms with Crippen LogP contribution in [0.3, 0.4) is 0 Å². The summed E-state index contributed by atoms with van der Waals surface area (Å²) in [5.41, 5.74) is 7.32. The molecule has 4 aliphatic rings. The van der Waals surface area contributed by atoms with E-state index in [4.69, 9.17) is 10.5 Å². The van der Waals surface area contributed by atoms with E-state index in [0.717, 1.165) is 25.7 Å². The van der Waals surface area contributed by atoms with Gasteiger partial charge in [-0.2, -0.15) is 0 Å². The highest BCUT2D eigenvalue weighted by Crippen LogP contribution is 2.65. The molecule has 0 spiro atoms. The van der Waals surface area contributed by atoms with E-state index in [1.54, 1.807) is 12.2 Å². The first-order chi connectivity index (χ1) is 15.1. The predicted octanol–water partition coefficient (Wildman–Crippen LogP) is 3.45. The molecule has 6 atom stereocenters. The van der Waals surface area contributed by atoms with E-state index in [-0.39, 0.29) is 53.7 Å². The number of carbonyl (C=O) groups excluding carboxylic acids is 4. The average Bonchev–Trinajstić information content (AvgIpc) is 3.01. The maximum absolute atomic E-state index is 13.2. The lowest BCUT2D eigenvalue weighted by Gasteiger charge is -2.52. The summed E-state index contributed by atoms with van der Waals surface area (Å²) in [6, 6.07) is 0. The van der Waals surface area contributed by atoms with Crippen LogP contribution in [0.2, 0.25) is 0 Å². The quantitative estimate of drug-likeness (QED) is 0.504. The minimum absolute atomic E-state index is 0.0301. The summed E-state index contributed by atoms with van der Waals surface area (Å²) in [6.07, 6.45) is 11.4. The molecule has 2 N–H and O–H groups in total. The standard InChI is InChI=1S/C26H33NO5/c1-15-12-20-18-5-4-16-13-17(28)8-10-25(16,2)19(18)9-11-26(20,3)24(15)21(29)14-32-23(31)7-6-22(27)30/h8-10,13,15,18,20,24H,4-7,11-12,14H2,1-3H3,(H2,27,30). The second kappa shape index (κ2) is 8.13. The van der Waals surface area contributed by atoms with Crippen LogP contribution in [0.5, 0.6) is 0 Å². The van der Waals surface area contributed by atoms with Gasteiger partial charge in [0.15, 0.2) is 11.6 Å². The van der Waals surface area contributed by atoms with Crippen LogP contribution in [0.25, 0.3) is 0 Å². The van der Waals surface area contributed by atoms with Crippen molar-refractivity contribution in [2.75, 3.05) is 6.61 Å². The second-order valence-corrected chi connectivity index (χ2v) is 10.5. The number of fused-ring (bicyclic) bond motifs is 5. The lowest BCUT2D eigenvalue weighted by atomic mass is 9.52. The smallest absolute Gasteiger partial charge is 0.306 e. The zero-order valence-corrected chi connectivity index (χ0v) is 19.2. The summed E-state index contributed by atoms with van der Waals surface area (Å²) < 4.78 is 5.18. The third-order valence-electron chi connectivity index (χ3n) is 8.59. The van der Waals surface area contributed by atoms with E-state index in [0.29, 0.717) is 11.8 Å². The first-order valence-corrected chi connectivity index (χ1v) is 11.7. The molecule has 2 saturated carbocycles. The molecule has 0 aromatic carbocycles.